The number of aromatic nitrogens is 2. The van der Waals surface area contributed by atoms with E-state index in [1.807, 2.05) is 30.3 Å². The van der Waals surface area contributed by atoms with E-state index in [2.05, 4.69) is 19.4 Å². The van der Waals surface area contributed by atoms with E-state index in [1.165, 1.54) is 0 Å². The molecule has 1 aromatic heterocycles. The Balaban J connectivity index is 1.17. The summed E-state index contributed by atoms with van der Waals surface area (Å²) in [6.45, 7) is 3.39. The third-order valence-corrected chi connectivity index (χ3v) is 6.75. The van der Waals surface area contributed by atoms with E-state index in [4.69, 9.17) is 4.52 Å². The van der Waals surface area contributed by atoms with Gasteiger partial charge in [0, 0.05) is 44.5 Å². The molecule has 0 N–H and O–H groups in total. The second-order valence-electron chi connectivity index (χ2n) is 7.79. The lowest BCUT2D eigenvalue weighted by atomic mass is 10.1. The Bertz CT molecular complexity index is 1210. The summed E-state index contributed by atoms with van der Waals surface area (Å²) in [5.41, 5.74) is 1.44. The van der Waals surface area contributed by atoms with Crippen LogP contribution in [0.25, 0.3) is 11.4 Å². The highest BCUT2D eigenvalue weighted by Gasteiger charge is 2.28. The molecule has 0 radical (unpaired) electrons. The van der Waals surface area contributed by atoms with Crippen LogP contribution >= 0.6 is 0 Å². The van der Waals surface area contributed by atoms with Crippen molar-refractivity contribution in [3.8, 4) is 11.4 Å². The van der Waals surface area contributed by atoms with Gasteiger partial charge >= 0.3 is 0 Å². The summed E-state index contributed by atoms with van der Waals surface area (Å²) >= 11 is 0. The van der Waals surface area contributed by atoms with Crippen molar-refractivity contribution in [2.75, 3.05) is 38.5 Å². The topological polar surface area (TPSA) is 112 Å². The number of rotatable bonds is 4. The number of amidine groups is 1. The Labute approximate surface area is 185 Å². The Kier molecular flexibility index (Phi) is 5.35. The Morgan fingerprint density at radius 3 is 2.59 bits per heavy atom. The van der Waals surface area contributed by atoms with Gasteiger partial charge in [-0.2, -0.15) is 4.98 Å². The van der Waals surface area contributed by atoms with Crippen LogP contribution in [0.5, 0.6) is 0 Å². The number of sulfonamides is 1. The maximum atomic E-state index is 12.9. The Hall–Kier alpha value is -3.31. The Morgan fingerprint density at radius 1 is 1.03 bits per heavy atom. The Morgan fingerprint density at radius 2 is 1.81 bits per heavy atom. The number of amides is 1. The van der Waals surface area contributed by atoms with E-state index in [-0.39, 0.29) is 11.7 Å². The highest BCUT2D eigenvalue weighted by molar-refractivity contribution is 7.90. The van der Waals surface area contributed by atoms with E-state index in [0.717, 1.165) is 5.56 Å². The molecule has 0 bridgehead atoms. The third-order valence-electron chi connectivity index (χ3n) is 5.59. The average Bonchev–Trinajstić information content (AvgIpc) is 3.27. The van der Waals surface area contributed by atoms with E-state index in [0.29, 0.717) is 62.4 Å². The van der Waals surface area contributed by atoms with Crippen molar-refractivity contribution in [1.29, 1.82) is 0 Å². The normalized spacial score (nSPS) is 20.5. The number of hydrogen-bond donors (Lipinski definition) is 0. The van der Waals surface area contributed by atoms with Crippen LogP contribution in [0.1, 0.15) is 5.89 Å². The van der Waals surface area contributed by atoms with E-state index >= 15 is 0 Å². The van der Waals surface area contributed by atoms with Crippen molar-refractivity contribution in [1.82, 2.24) is 24.8 Å². The number of hydrogen-bond acceptors (Lipinski definition) is 8. The number of nitrogens with zero attached hydrogens (tertiary/aromatic N) is 6. The molecule has 4 heterocycles. The van der Waals surface area contributed by atoms with Crippen molar-refractivity contribution in [2.24, 2.45) is 4.40 Å². The molecule has 0 unspecified atom stereocenters. The van der Waals surface area contributed by atoms with Gasteiger partial charge in [-0.15, -0.1) is 4.40 Å². The van der Waals surface area contributed by atoms with Crippen LogP contribution in [-0.4, -0.2) is 83.5 Å². The molecule has 1 aromatic carbocycles. The zero-order valence-electron chi connectivity index (χ0n) is 17.3. The number of piperazine rings is 1. The first-order valence-corrected chi connectivity index (χ1v) is 12.0. The molecule has 3 aliphatic rings. The predicted octanol–water partition coefficient (Wildman–Crippen LogP) is 0.878. The molecule has 1 fully saturated rings. The van der Waals surface area contributed by atoms with E-state index in [9.17, 15) is 13.2 Å². The summed E-state index contributed by atoms with van der Waals surface area (Å²) in [6, 6.07) is 9.67. The minimum absolute atomic E-state index is 0.0529. The third kappa shape index (κ3) is 4.34. The van der Waals surface area contributed by atoms with Crippen LogP contribution in [0.4, 0.5) is 0 Å². The predicted molar refractivity (Wildman–Crippen MR) is 117 cm³/mol. The maximum absolute atomic E-state index is 12.9. The summed E-state index contributed by atoms with van der Waals surface area (Å²) in [5.74, 6) is 1.35. The van der Waals surface area contributed by atoms with Crippen molar-refractivity contribution >= 4 is 21.8 Å². The quantitative estimate of drug-likeness (QED) is 0.669. The zero-order chi connectivity index (χ0) is 22.1. The fraction of sp³-hybridized carbons (Fsp3) is 0.333. The molecular formula is C21H22N6O4S. The molecule has 3 aliphatic heterocycles. The molecule has 0 saturated carbocycles. The van der Waals surface area contributed by atoms with Crippen LogP contribution < -0.4 is 0 Å². The first kappa shape index (κ1) is 20.6. The van der Waals surface area contributed by atoms with Crippen LogP contribution in [0.15, 0.2) is 63.2 Å². The second-order valence-corrected chi connectivity index (χ2v) is 9.55. The van der Waals surface area contributed by atoms with Gasteiger partial charge < -0.3 is 14.3 Å². The van der Waals surface area contributed by atoms with Gasteiger partial charge in [-0.25, -0.2) is 8.42 Å². The minimum atomic E-state index is -3.41. The lowest BCUT2D eigenvalue weighted by Crippen LogP contribution is -2.49. The minimum Gasteiger partial charge on any atom is -0.338 e. The largest absolute Gasteiger partial charge is 0.338 e. The van der Waals surface area contributed by atoms with Gasteiger partial charge in [0.05, 0.1) is 17.9 Å². The second kappa shape index (κ2) is 8.32. The highest BCUT2D eigenvalue weighted by Crippen LogP contribution is 2.19. The molecule has 1 saturated heterocycles. The van der Waals surface area contributed by atoms with E-state index < -0.39 is 10.0 Å². The molecule has 0 atom stereocenters. The number of carbonyl (C=O) groups excluding carboxylic acids is 1. The van der Waals surface area contributed by atoms with Crippen LogP contribution in [0.2, 0.25) is 0 Å². The first-order valence-electron chi connectivity index (χ1n) is 10.4. The van der Waals surface area contributed by atoms with Gasteiger partial charge in [0.2, 0.25) is 11.7 Å². The SMILES string of the molecule is O=C(C1=CN2CCS(=O)(=O)N=C2C=C1)N1CCN(Cc2nc(-c3ccccc3)no2)CC1. The molecular weight excluding hydrogens is 432 g/mol. The molecule has 5 rings (SSSR count). The lowest BCUT2D eigenvalue weighted by molar-refractivity contribution is -0.128. The van der Waals surface area contributed by atoms with Gasteiger partial charge in [0.1, 0.15) is 5.84 Å². The molecule has 166 valence electrons. The average molecular weight is 455 g/mol. The summed E-state index contributed by atoms with van der Waals surface area (Å²) in [7, 11) is -3.41. The summed E-state index contributed by atoms with van der Waals surface area (Å²) < 4.78 is 32.4. The fourth-order valence-electron chi connectivity index (χ4n) is 3.83. The van der Waals surface area contributed by atoms with Gasteiger partial charge in [-0.05, 0) is 12.2 Å². The monoisotopic (exact) mass is 454 g/mol. The van der Waals surface area contributed by atoms with Crippen molar-refractivity contribution in [2.45, 2.75) is 6.54 Å². The van der Waals surface area contributed by atoms with Crippen LogP contribution in [0.3, 0.4) is 0 Å². The maximum Gasteiger partial charge on any atom is 0.256 e. The fourth-order valence-corrected chi connectivity index (χ4v) is 4.80. The standard InChI is InChI=1S/C21H22N6O4S/c28-21(17-6-7-18-24-32(29,30)13-12-27(18)14-17)26-10-8-25(9-11-26)15-19-22-20(23-31-19)16-4-2-1-3-5-16/h1-7,14H,8-13,15H2. The van der Waals surface area contributed by atoms with Crippen LogP contribution in [0, 0.1) is 0 Å². The smallest absolute Gasteiger partial charge is 0.256 e. The lowest BCUT2D eigenvalue weighted by Gasteiger charge is -2.35. The summed E-state index contributed by atoms with van der Waals surface area (Å²) in [5, 5.41) is 4.05. The van der Waals surface area contributed by atoms with Crippen molar-refractivity contribution in [3.63, 3.8) is 0 Å². The summed E-state index contributed by atoms with van der Waals surface area (Å²) in [4.78, 5) is 23.1. The highest BCUT2D eigenvalue weighted by atomic mass is 32.2. The number of fused-ring (bicyclic) bond motifs is 1. The molecule has 10 nitrogen and oxygen atoms in total. The molecule has 0 spiro atoms. The van der Waals surface area contributed by atoms with Crippen molar-refractivity contribution < 1.29 is 17.7 Å². The summed E-state index contributed by atoms with van der Waals surface area (Å²) in [6.07, 6.45) is 4.90. The van der Waals surface area contributed by atoms with Gasteiger partial charge in [-0.1, -0.05) is 35.5 Å². The number of benzene rings is 1. The van der Waals surface area contributed by atoms with Crippen molar-refractivity contribution in [3.05, 3.63) is 60.1 Å². The van der Waals surface area contributed by atoms with E-state index in [1.54, 1.807) is 28.2 Å². The zero-order valence-corrected chi connectivity index (χ0v) is 18.1. The van der Waals surface area contributed by atoms with Crippen LogP contribution in [-0.2, 0) is 21.4 Å². The number of carbonyl (C=O) groups is 1. The van der Waals surface area contributed by atoms with Gasteiger partial charge in [0.25, 0.3) is 15.9 Å². The molecule has 1 amide bonds. The van der Waals surface area contributed by atoms with Gasteiger partial charge in [0.15, 0.2) is 0 Å². The molecule has 0 aliphatic carbocycles. The molecule has 2 aromatic rings. The molecule has 11 heteroatoms. The van der Waals surface area contributed by atoms with Gasteiger partial charge in [-0.3, -0.25) is 9.69 Å². The molecule has 32 heavy (non-hydrogen) atoms. The first-order chi connectivity index (χ1) is 15.5.